The molecule has 0 spiro atoms. The van der Waals surface area contributed by atoms with Crippen molar-refractivity contribution in [3.8, 4) is 10.6 Å². The van der Waals surface area contributed by atoms with Gasteiger partial charge in [0.05, 0.1) is 15.5 Å². The van der Waals surface area contributed by atoms with Gasteiger partial charge in [-0.2, -0.15) is 9.40 Å². The van der Waals surface area contributed by atoms with E-state index in [1.54, 1.807) is 6.07 Å². The standard InChI is InChI=1S/C19H19N5O4S2/c25-18(13-5-7-14(8-6-13)30(27,28)24-9-1-2-10-24)22-23-19(26)16-12-15(20-21-16)17-4-3-11-29-17/h3-8,11-12H,1-2,9-10H2,(H,20,21)(H,22,25)(H,23,26). The highest BCUT2D eigenvalue weighted by atomic mass is 32.2. The van der Waals surface area contributed by atoms with Crippen LogP contribution < -0.4 is 10.9 Å². The fourth-order valence-corrected chi connectivity index (χ4v) is 5.31. The number of carbonyl (C=O) groups is 2. The number of H-pyrrole nitrogens is 1. The highest BCUT2D eigenvalue weighted by molar-refractivity contribution is 7.89. The maximum Gasteiger partial charge on any atom is 0.290 e. The third kappa shape index (κ3) is 4.13. The van der Waals surface area contributed by atoms with Crippen LogP contribution in [0.4, 0.5) is 0 Å². The van der Waals surface area contributed by atoms with E-state index in [9.17, 15) is 18.0 Å². The van der Waals surface area contributed by atoms with Crippen LogP contribution in [-0.2, 0) is 10.0 Å². The molecule has 9 nitrogen and oxygen atoms in total. The molecule has 156 valence electrons. The number of nitrogens with zero attached hydrogens (tertiary/aromatic N) is 2. The Morgan fingerprint density at radius 1 is 1.03 bits per heavy atom. The maximum absolute atomic E-state index is 12.5. The van der Waals surface area contributed by atoms with Gasteiger partial charge in [-0.05, 0) is 54.6 Å². The fraction of sp³-hybridized carbons (Fsp3) is 0.211. The lowest BCUT2D eigenvalue weighted by atomic mass is 10.2. The minimum Gasteiger partial charge on any atom is -0.276 e. The summed E-state index contributed by atoms with van der Waals surface area (Å²) in [6, 6.07) is 11.0. The summed E-state index contributed by atoms with van der Waals surface area (Å²) in [6.07, 6.45) is 1.70. The van der Waals surface area contributed by atoms with Gasteiger partial charge in [-0.3, -0.25) is 25.5 Å². The molecule has 0 bridgehead atoms. The molecule has 4 rings (SSSR count). The van der Waals surface area contributed by atoms with Crippen LogP contribution in [-0.4, -0.2) is 47.8 Å². The van der Waals surface area contributed by atoms with Crippen molar-refractivity contribution >= 4 is 33.2 Å². The second kappa shape index (κ2) is 8.38. The fourth-order valence-electron chi connectivity index (χ4n) is 3.10. The zero-order chi connectivity index (χ0) is 21.1. The van der Waals surface area contributed by atoms with Crippen LogP contribution in [0.1, 0.15) is 33.7 Å². The van der Waals surface area contributed by atoms with Gasteiger partial charge in [0, 0.05) is 18.7 Å². The van der Waals surface area contributed by atoms with Gasteiger partial charge < -0.3 is 0 Å². The molecule has 1 aliphatic rings. The normalized spacial score (nSPS) is 14.5. The van der Waals surface area contributed by atoms with Gasteiger partial charge in [-0.15, -0.1) is 11.3 Å². The molecule has 1 aliphatic heterocycles. The van der Waals surface area contributed by atoms with Gasteiger partial charge in [0.2, 0.25) is 10.0 Å². The number of aromatic amines is 1. The molecular weight excluding hydrogens is 426 g/mol. The molecule has 0 saturated carbocycles. The largest absolute Gasteiger partial charge is 0.290 e. The Bertz CT molecular complexity index is 1150. The first-order valence-electron chi connectivity index (χ1n) is 9.25. The van der Waals surface area contributed by atoms with E-state index >= 15 is 0 Å². The van der Waals surface area contributed by atoms with Gasteiger partial charge in [0.15, 0.2) is 5.69 Å². The van der Waals surface area contributed by atoms with Crippen LogP contribution in [0.25, 0.3) is 10.6 Å². The summed E-state index contributed by atoms with van der Waals surface area (Å²) in [5.41, 5.74) is 5.66. The summed E-state index contributed by atoms with van der Waals surface area (Å²) >= 11 is 1.51. The van der Waals surface area contributed by atoms with Crippen LogP contribution >= 0.6 is 11.3 Å². The summed E-state index contributed by atoms with van der Waals surface area (Å²) in [6.45, 7) is 1.02. The number of thiophene rings is 1. The van der Waals surface area contributed by atoms with E-state index in [4.69, 9.17) is 0 Å². The number of sulfonamides is 1. The van der Waals surface area contributed by atoms with Crippen molar-refractivity contribution in [2.24, 2.45) is 0 Å². The molecule has 2 amide bonds. The van der Waals surface area contributed by atoms with E-state index in [0.29, 0.717) is 18.8 Å². The molecule has 1 aromatic carbocycles. The molecule has 1 saturated heterocycles. The number of hydrazine groups is 1. The lowest BCUT2D eigenvalue weighted by Crippen LogP contribution is -2.41. The lowest BCUT2D eigenvalue weighted by Gasteiger charge is -2.15. The quantitative estimate of drug-likeness (QED) is 0.518. The highest BCUT2D eigenvalue weighted by Gasteiger charge is 2.27. The molecule has 1 fully saturated rings. The molecule has 11 heteroatoms. The number of carbonyl (C=O) groups excluding carboxylic acids is 2. The van der Waals surface area contributed by atoms with Crippen molar-refractivity contribution in [2.75, 3.05) is 13.1 Å². The molecule has 3 N–H and O–H groups in total. The van der Waals surface area contributed by atoms with Crippen LogP contribution in [0.15, 0.2) is 52.7 Å². The Balaban J connectivity index is 1.36. The minimum atomic E-state index is -3.54. The average molecular weight is 446 g/mol. The van der Waals surface area contributed by atoms with E-state index in [1.807, 2.05) is 17.5 Å². The topological polar surface area (TPSA) is 124 Å². The van der Waals surface area contributed by atoms with E-state index in [2.05, 4.69) is 21.0 Å². The molecule has 3 heterocycles. The summed E-state index contributed by atoms with van der Waals surface area (Å²) in [4.78, 5) is 25.6. The molecule has 3 aromatic rings. The van der Waals surface area contributed by atoms with Gasteiger partial charge in [0.25, 0.3) is 11.8 Å². The molecule has 0 atom stereocenters. The van der Waals surface area contributed by atoms with Crippen molar-refractivity contribution in [3.05, 3.63) is 59.1 Å². The minimum absolute atomic E-state index is 0.130. The van der Waals surface area contributed by atoms with Crippen LogP contribution in [0.2, 0.25) is 0 Å². The van der Waals surface area contributed by atoms with Crippen molar-refractivity contribution in [2.45, 2.75) is 17.7 Å². The van der Waals surface area contributed by atoms with Gasteiger partial charge in [0.1, 0.15) is 0 Å². The molecule has 30 heavy (non-hydrogen) atoms. The summed E-state index contributed by atoms with van der Waals surface area (Å²) < 4.78 is 26.5. The van der Waals surface area contributed by atoms with Crippen LogP contribution in [0.5, 0.6) is 0 Å². The van der Waals surface area contributed by atoms with Crippen LogP contribution in [0.3, 0.4) is 0 Å². The second-order valence-electron chi connectivity index (χ2n) is 6.69. The zero-order valence-electron chi connectivity index (χ0n) is 15.8. The number of benzene rings is 1. The number of rotatable bonds is 5. The third-order valence-corrected chi connectivity index (χ3v) is 7.52. The molecule has 0 unspecified atom stereocenters. The predicted octanol–water partition coefficient (Wildman–Crippen LogP) is 2.00. The number of hydrogen-bond donors (Lipinski definition) is 3. The van der Waals surface area contributed by atoms with Gasteiger partial charge in [-0.1, -0.05) is 6.07 Å². The molecule has 0 aliphatic carbocycles. The van der Waals surface area contributed by atoms with Crippen molar-refractivity contribution in [1.82, 2.24) is 25.4 Å². The average Bonchev–Trinajstić information content (AvgIpc) is 3.52. The SMILES string of the molecule is O=C(NNC(=O)c1cc(-c2cccs2)[nH]n1)c1ccc(S(=O)(=O)N2CCCC2)cc1. The maximum atomic E-state index is 12.5. The highest BCUT2D eigenvalue weighted by Crippen LogP contribution is 2.23. The van der Waals surface area contributed by atoms with Crippen molar-refractivity contribution in [3.63, 3.8) is 0 Å². The summed E-state index contributed by atoms with van der Waals surface area (Å²) in [5, 5.41) is 8.64. The Kier molecular flexibility index (Phi) is 5.66. The lowest BCUT2D eigenvalue weighted by molar-refractivity contribution is 0.0844. The Morgan fingerprint density at radius 2 is 1.73 bits per heavy atom. The van der Waals surface area contributed by atoms with E-state index < -0.39 is 21.8 Å². The first-order chi connectivity index (χ1) is 14.4. The van der Waals surface area contributed by atoms with Crippen molar-refractivity contribution < 1.29 is 18.0 Å². The number of amides is 2. The molecule has 2 aromatic heterocycles. The van der Waals surface area contributed by atoms with E-state index in [-0.39, 0.29) is 16.2 Å². The molecular formula is C19H19N5O4S2. The van der Waals surface area contributed by atoms with Crippen molar-refractivity contribution in [1.29, 1.82) is 0 Å². The second-order valence-corrected chi connectivity index (χ2v) is 9.57. The smallest absolute Gasteiger partial charge is 0.276 e. The van der Waals surface area contributed by atoms with E-state index in [1.165, 1.54) is 39.9 Å². The van der Waals surface area contributed by atoms with E-state index in [0.717, 1.165) is 17.7 Å². The number of nitrogens with one attached hydrogen (secondary N) is 3. The van der Waals surface area contributed by atoms with Gasteiger partial charge >= 0.3 is 0 Å². The molecule has 0 radical (unpaired) electrons. The predicted molar refractivity (Wildman–Crippen MR) is 111 cm³/mol. The number of hydrogen-bond acceptors (Lipinski definition) is 6. The summed E-state index contributed by atoms with van der Waals surface area (Å²) in [7, 11) is -3.54. The van der Waals surface area contributed by atoms with Gasteiger partial charge in [-0.25, -0.2) is 8.42 Å². The Morgan fingerprint density at radius 3 is 2.40 bits per heavy atom. The Hall–Kier alpha value is -3.02. The summed E-state index contributed by atoms with van der Waals surface area (Å²) in [5.74, 6) is -1.14. The first-order valence-corrected chi connectivity index (χ1v) is 11.6. The monoisotopic (exact) mass is 445 g/mol. The third-order valence-electron chi connectivity index (χ3n) is 4.71. The Labute approximate surface area is 177 Å². The first kappa shape index (κ1) is 20.3. The number of aromatic nitrogens is 2. The van der Waals surface area contributed by atoms with Crippen LogP contribution in [0, 0.1) is 0 Å². The zero-order valence-corrected chi connectivity index (χ0v) is 17.4.